The van der Waals surface area contributed by atoms with Gasteiger partial charge in [0.1, 0.15) is 0 Å². The fraction of sp³-hybridized carbons (Fsp3) is 0.750. The van der Waals surface area contributed by atoms with Crippen molar-refractivity contribution in [3.8, 4) is 0 Å². The van der Waals surface area contributed by atoms with E-state index in [-0.39, 0.29) is 12.1 Å². The Hall–Kier alpha value is -0.660. The van der Waals surface area contributed by atoms with Gasteiger partial charge < -0.3 is 9.64 Å². The van der Waals surface area contributed by atoms with Crippen LogP contribution in [0.1, 0.15) is 25.6 Å². The van der Waals surface area contributed by atoms with Crippen LogP contribution >= 0.6 is 11.6 Å². The lowest BCUT2D eigenvalue weighted by Crippen LogP contribution is -2.38. The maximum atomic E-state index is 6.23. The molecule has 19 heavy (non-hydrogen) atoms. The van der Waals surface area contributed by atoms with Crippen molar-refractivity contribution < 1.29 is 4.74 Å². The molecule has 3 N–H and O–H groups in total. The van der Waals surface area contributed by atoms with Crippen LogP contribution in [0.4, 0.5) is 0 Å². The summed E-state index contributed by atoms with van der Waals surface area (Å²) in [5, 5.41) is 4.91. The Balaban J connectivity index is 2.92. The molecule has 0 spiro atoms. The Morgan fingerprint density at radius 1 is 1.58 bits per heavy atom. The highest BCUT2D eigenvalue weighted by Gasteiger charge is 2.25. The summed E-state index contributed by atoms with van der Waals surface area (Å²) in [5.74, 6) is 5.65. The molecular weight excluding hydrogens is 266 g/mol. The summed E-state index contributed by atoms with van der Waals surface area (Å²) in [4.78, 5) is 2.09. The van der Waals surface area contributed by atoms with E-state index in [0.717, 1.165) is 18.8 Å². The summed E-state index contributed by atoms with van der Waals surface area (Å²) in [5.41, 5.74) is 3.64. The molecule has 0 radical (unpaired) electrons. The van der Waals surface area contributed by atoms with Crippen LogP contribution in [0.2, 0.25) is 5.02 Å². The minimum Gasteiger partial charge on any atom is -0.377 e. The predicted octanol–water partition coefficient (Wildman–Crippen LogP) is 1.03. The van der Waals surface area contributed by atoms with Gasteiger partial charge >= 0.3 is 0 Å². The van der Waals surface area contributed by atoms with Gasteiger partial charge in [-0.15, -0.1) is 0 Å². The molecule has 7 heteroatoms. The molecule has 1 aromatic rings. The molecule has 0 aromatic carbocycles. The Bertz CT molecular complexity index is 382. The largest absolute Gasteiger partial charge is 0.377 e. The summed E-state index contributed by atoms with van der Waals surface area (Å²) in [7, 11) is 4.04. The summed E-state index contributed by atoms with van der Waals surface area (Å²) in [6.07, 6.45) is 1.57. The van der Waals surface area contributed by atoms with Gasteiger partial charge in [0.15, 0.2) is 0 Å². The summed E-state index contributed by atoms with van der Waals surface area (Å²) >= 11 is 6.23. The molecule has 0 bridgehead atoms. The van der Waals surface area contributed by atoms with Gasteiger partial charge in [-0.1, -0.05) is 11.6 Å². The van der Waals surface area contributed by atoms with Gasteiger partial charge in [0.2, 0.25) is 0 Å². The van der Waals surface area contributed by atoms with Gasteiger partial charge in [-0.25, -0.2) is 5.43 Å². The minimum absolute atomic E-state index is 0.0812. The number of nitrogens with one attached hydrogen (secondary N) is 1. The lowest BCUT2D eigenvalue weighted by molar-refractivity contribution is 0.0447. The van der Waals surface area contributed by atoms with E-state index in [1.165, 1.54) is 0 Å². The summed E-state index contributed by atoms with van der Waals surface area (Å²) in [6.45, 7) is 6.18. The quantitative estimate of drug-likeness (QED) is 0.553. The third-order valence-corrected chi connectivity index (χ3v) is 3.26. The second kappa shape index (κ2) is 7.81. The van der Waals surface area contributed by atoms with Crippen molar-refractivity contribution in [1.82, 2.24) is 20.1 Å². The summed E-state index contributed by atoms with van der Waals surface area (Å²) < 4.78 is 7.48. The first-order valence-corrected chi connectivity index (χ1v) is 6.82. The monoisotopic (exact) mass is 289 g/mol. The smallest absolute Gasteiger partial charge is 0.0902 e. The van der Waals surface area contributed by atoms with E-state index in [4.69, 9.17) is 22.2 Å². The molecule has 1 rings (SSSR count). The number of hydrogen-bond acceptors (Lipinski definition) is 5. The van der Waals surface area contributed by atoms with E-state index in [2.05, 4.69) is 15.4 Å². The van der Waals surface area contributed by atoms with E-state index >= 15 is 0 Å². The fourth-order valence-electron chi connectivity index (χ4n) is 1.95. The first kappa shape index (κ1) is 16.4. The Morgan fingerprint density at radius 2 is 2.26 bits per heavy atom. The first-order chi connectivity index (χ1) is 9.01. The zero-order chi connectivity index (χ0) is 14.4. The maximum absolute atomic E-state index is 6.23. The highest BCUT2D eigenvalue weighted by molar-refractivity contribution is 6.31. The maximum Gasteiger partial charge on any atom is 0.0902 e. The van der Waals surface area contributed by atoms with E-state index in [1.54, 1.807) is 6.20 Å². The van der Waals surface area contributed by atoms with Crippen LogP contribution in [0.15, 0.2) is 6.20 Å². The van der Waals surface area contributed by atoms with Crippen molar-refractivity contribution in [2.24, 2.45) is 5.84 Å². The number of nitrogens with zero attached hydrogens (tertiary/aromatic N) is 3. The SMILES string of the molecule is CCOC(C)C(NN)c1c(Cl)cnn1CCN(C)C. The Labute approximate surface area is 119 Å². The van der Waals surface area contributed by atoms with Crippen LogP contribution in [-0.4, -0.2) is 48.0 Å². The molecule has 0 saturated heterocycles. The van der Waals surface area contributed by atoms with Gasteiger partial charge in [0, 0.05) is 13.2 Å². The van der Waals surface area contributed by atoms with Crippen LogP contribution in [0.5, 0.6) is 0 Å². The zero-order valence-corrected chi connectivity index (χ0v) is 12.8. The van der Waals surface area contributed by atoms with Crippen molar-refractivity contribution >= 4 is 11.6 Å². The molecule has 0 aliphatic rings. The molecule has 0 aliphatic carbocycles. The van der Waals surface area contributed by atoms with Gasteiger partial charge in [-0.2, -0.15) is 5.10 Å². The molecule has 0 fully saturated rings. The van der Waals surface area contributed by atoms with Crippen LogP contribution < -0.4 is 11.3 Å². The highest BCUT2D eigenvalue weighted by Crippen LogP contribution is 2.26. The number of halogens is 1. The van der Waals surface area contributed by atoms with Gasteiger partial charge in [-0.05, 0) is 27.9 Å². The van der Waals surface area contributed by atoms with Crippen molar-refractivity contribution in [1.29, 1.82) is 0 Å². The minimum atomic E-state index is -0.183. The van der Waals surface area contributed by atoms with E-state index in [0.29, 0.717) is 11.6 Å². The second-order valence-corrected chi connectivity index (χ2v) is 5.12. The van der Waals surface area contributed by atoms with E-state index < -0.39 is 0 Å². The standard InChI is InChI=1S/C12H24ClN5O/c1-5-19-9(2)11(16-14)12-10(13)8-15-18(12)7-6-17(3)4/h8-9,11,16H,5-7,14H2,1-4H3. The molecule has 110 valence electrons. The molecule has 0 aliphatic heterocycles. The molecule has 0 amide bonds. The average molecular weight is 290 g/mol. The molecule has 2 atom stereocenters. The number of hydrogen-bond donors (Lipinski definition) is 2. The van der Waals surface area contributed by atoms with E-state index in [1.807, 2.05) is 32.6 Å². The Morgan fingerprint density at radius 3 is 2.79 bits per heavy atom. The van der Waals surface area contributed by atoms with Crippen LogP contribution in [-0.2, 0) is 11.3 Å². The molecule has 1 aromatic heterocycles. The van der Waals surface area contributed by atoms with Gasteiger partial charge in [-0.3, -0.25) is 10.5 Å². The molecule has 6 nitrogen and oxygen atoms in total. The normalized spacial score (nSPS) is 14.9. The van der Waals surface area contributed by atoms with E-state index in [9.17, 15) is 0 Å². The lowest BCUT2D eigenvalue weighted by atomic mass is 10.1. The van der Waals surface area contributed by atoms with Gasteiger partial charge in [0.05, 0.1) is 35.6 Å². The first-order valence-electron chi connectivity index (χ1n) is 6.44. The number of hydrazine groups is 1. The molecule has 2 unspecified atom stereocenters. The average Bonchev–Trinajstić information content (AvgIpc) is 2.70. The van der Waals surface area contributed by atoms with Gasteiger partial charge in [0.25, 0.3) is 0 Å². The topological polar surface area (TPSA) is 68.3 Å². The van der Waals surface area contributed by atoms with Crippen molar-refractivity contribution in [2.75, 3.05) is 27.2 Å². The molecule has 0 saturated carbocycles. The van der Waals surface area contributed by atoms with Crippen molar-refractivity contribution in [3.63, 3.8) is 0 Å². The number of ether oxygens (including phenoxy) is 1. The van der Waals surface area contributed by atoms with Crippen LogP contribution in [0, 0.1) is 0 Å². The number of aromatic nitrogens is 2. The van der Waals surface area contributed by atoms with Crippen molar-refractivity contribution in [2.45, 2.75) is 32.5 Å². The zero-order valence-electron chi connectivity index (χ0n) is 12.1. The number of rotatable bonds is 8. The third kappa shape index (κ3) is 4.43. The second-order valence-electron chi connectivity index (χ2n) is 4.71. The molecular formula is C12H24ClN5O. The predicted molar refractivity (Wildman–Crippen MR) is 76.9 cm³/mol. The van der Waals surface area contributed by atoms with Crippen LogP contribution in [0.25, 0.3) is 0 Å². The fourth-order valence-corrected chi connectivity index (χ4v) is 2.21. The lowest BCUT2D eigenvalue weighted by Gasteiger charge is -2.24. The Kier molecular flexibility index (Phi) is 6.74. The number of nitrogens with two attached hydrogens (primary N) is 1. The highest BCUT2D eigenvalue weighted by atomic mass is 35.5. The summed E-state index contributed by atoms with van der Waals surface area (Å²) in [6, 6.07) is -0.183. The molecule has 1 heterocycles. The number of likely N-dealkylation sites (N-methyl/N-ethyl adjacent to an activating group) is 1. The van der Waals surface area contributed by atoms with Crippen molar-refractivity contribution in [3.05, 3.63) is 16.9 Å². The van der Waals surface area contributed by atoms with Crippen LogP contribution in [0.3, 0.4) is 0 Å². The third-order valence-electron chi connectivity index (χ3n) is 2.97.